The number of sulfonamides is 2. The van der Waals surface area contributed by atoms with E-state index in [0.717, 1.165) is 17.3 Å². The van der Waals surface area contributed by atoms with Crippen LogP contribution >= 0.6 is 11.6 Å². The molecule has 2 heterocycles. The molecule has 2 aromatic carbocycles. The van der Waals surface area contributed by atoms with Gasteiger partial charge in [-0.2, -0.15) is 13.5 Å². The van der Waals surface area contributed by atoms with Gasteiger partial charge in [0.05, 0.1) is 24.2 Å². The number of nitrogens with one attached hydrogen (secondary N) is 1. The minimum atomic E-state index is -4.31. The molecule has 1 aliphatic heterocycles. The maximum Gasteiger partial charge on any atom is 0.304 e. The fourth-order valence-electron chi connectivity index (χ4n) is 3.87. The number of hydrogen-bond acceptors (Lipinski definition) is 7. The number of nitrogens with two attached hydrogens (primary N) is 1. The van der Waals surface area contributed by atoms with E-state index in [0.29, 0.717) is 10.7 Å². The molecule has 0 bridgehead atoms. The van der Waals surface area contributed by atoms with Gasteiger partial charge in [0.1, 0.15) is 0 Å². The molecular weight excluding hydrogens is 552 g/mol. The second-order valence-electron chi connectivity index (χ2n) is 8.83. The summed E-state index contributed by atoms with van der Waals surface area (Å²) in [6, 6.07) is 16.5. The Bertz CT molecular complexity index is 1550. The first kappa shape index (κ1) is 27.7. The van der Waals surface area contributed by atoms with E-state index >= 15 is 0 Å². The predicted octanol–water partition coefficient (Wildman–Crippen LogP) is 1.94. The minimum Gasteiger partial charge on any atom is -0.353 e. The summed E-state index contributed by atoms with van der Waals surface area (Å²) in [7, 11) is -8.13. The molecule has 1 atom stereocenters. The van der Waals surface area contributed by atoms with Gasteiger partial charge in [-0.05, 0) is 37.1 Å². The normalized spacial score (nSPS) is 16.7. The minimum absolute atomic E-state index is 0.157. The zero-order valence-electron chi connectivity index (χ0n) is 20.6. The Kier molecular flexibility index (Phi) is 8.16. The van der Waals surface area contributed by atoms with E-state index in [1.54, 1.807) is 26.0 Å². The zero-order chi connectivity index (χ0) is 27.5. The van der Waals surface area contributed by atoms with Crippen LogP contribution in [0, 0.1) is 0 Å². The van der Waals surface area contributed by atoms with Crippen molar-refractivity contribution in [1.82, 2.24) is 25.3 Å². The van der Waals surface area contributed by atoms with Crippen LogP contribution in [0.1, 0.15) is 36.9 Å². The van der Waals surface area contributed by atoms with Crippen LogP contribution in [0.4, 0.5) is 0 Å². The van der Waals surface area contributed by atoms with Crippen LogP contribution in [0.25, 0.3) is 0 Å². The van der Waals surface area contributed by atoms with Crippen LogP contribution in [0.5, 0.6) is 0 Å². The third-order valence-electron chi connectivity index (χ3n) is 5.67. The summed E-state index contributed by atoms with van der Waals surface area (Å²) >= 11 is 6.08. The SMILES string of the molecule is CC(C)n1nncc1S(=O)(=O)/N=C(/NCCS(N)(=O)=O)N1C[C@@H](c2ccccc2)C(c2ccc(Cl)cc2)=N1. The molecule has 4 rings (SSSR count). The smallest absolute Gasteiger partial charge is 0.304 e. The van der Waals surface area contributed by atoms with Gasteiger partial charge < -0.3 is 5.32 Å². The standard InChI is InChI=1S/C23H27ClN8O4S2/c1-16(2)32-21(14-27-30-32)38(35,36)29-23(26-12-13-37(25,33)34)31-15-20(17-6-4-3-5-7-17)22(28-31)18-8-10-19(24)11-9-18/h3-11,14,16,20H,12-13,15H2,1-2H3,(H,26,29)(H2,25,33,34)/t20-/m0/s1. The van der Waals surface area contributed by atoms with Gasteiger partial charge in [0.15, 0.2) is 5.03 Å². The number of primary sulfonamides is 1. The number of aromatic nitrogens is 3. The van der Waals surface area contributed by atoms with E-state index in [1.807, 2.05) is 42.5 Å². The van der Waals surface area contributed by atoms with Crippen molar-refractivity contribution in [3.63, 3.8) is 0 Å². The zero-order valence-corrected chi connectivity index (χ0v) is 23.0. The van der Waals surface area contributed by atoms with Gasteiger partial charge in [-0.15, -0.1) is 9.50 Å². The van der Waals surface area contributed by atoms with E-state index in [9.17, 15) is 16.8 Å². The Labute approximate surface area is 226 Å². The highest BCUT2D eigenvalue weighted by Gasteiger charge is 2.33. The molecule has 1 aliphatic rings. The van der Waals surface area contributed by atoms with Crippen molar-refractivity contribution in [2.75, 3.05) is 18.8 Å². The first-order valence-corrected chi connectivity index (χ1v) is 15.1. The molecule has 15 heteroatoms. The number of benzene rings is 2. The van der Waals surface area contributed by atoms with Crippen LogP contribution in [0.15, 0.2) is 75.3 Å². The molecule has 1 aromatic heterocycles. The van der Waals surface area contributed by atoms with E-state index < -0.39 is 25.8 Å². The molecule has 3 aromatic rings. The van der Waals surface area contributed by atoms with Gasteiger partial charge in [0.2, 0.25) is 16.0 Å². The van der Waals surface area contributed by atoms with E-state index in [-0.39, 0.29) is 36.0 Å². The van der Waals surface area contributed by atoms with Crippen molar-refractivity contribution in [1.29, 1.82) is 0 Å². The summed E-state index contributed by atoms with van der Waals surface area (Å²) in [5.74, 6) is -0.843. The number of halogens is 1. The van der Waals surface area contributed by atoms with Gasteiger partial charge in [0, 0.05) is 23.5 Å². The Hall–Kier alpha value is -3.33. The van der Waals surface area contributed by atoms with Crippen molar-refractivity contribution in [2.45, 2.75) is 30.8 Å². The lowest BCUT2D eigenvalue weighted by molar-refractivity contribution is 0.454. The molecule has 0 saturated carbocycles. The summed E-state index contributed by atoms with van der Waals surface area (Å²) in [6.45, 7) is 3.57. The summed E-state index contributed by atoms with van der Waals surface area (Å²) in [4.78, 5) is 0. The summed E-state index contributed by atoms with van der Waals surface area (Å²) in [5.41, 5.74) is 2.41. The fourth-order valence-corrected chi connectivity index (χ4v) is 5.53. The molecular formula is C23H27ClN8O4S2. The average Bonchev–Trinajstić information content (AvgIpc) is 3.52. The highest BCUT2D eigenvalue weighted by atomic mass is 35.5. The largest absolute Gasteiger partial charge is 0.353 e. The third-order valence-corrected chi connectivity index (χ3v) is 7.93. The highest BCUT2D eigenvalue weighted by molar-refractivity contribution is 7.90. The first-order valence-electron chi connectivity index (χ1n) is 11.6. The Morgan fingerprint density at radius 3 is 2.45 bits per heavy atom. The van der Waals surface area contributed by atoms with E-state index in [4.69, 9.17) is 21.8 Å². The molecule has 202 valence electrons. The molecule has 3 N–H and O–H groups in total. The molecule has 0 saturated heterocycles. The van der Waals surface area contributed by atoms with Crippen molar-refractivity contribution < 1.29 is 16.8 Å². The number of hydrogen-bond donors (Lipinski definition) is 2. The lowest BCUT2D eigenvalue weighted by atomic mass is 9.91. The van der Waals surface area contributed by atoms with Crippen LogP contribution < -0.4 is 10.5 Å². The number of hydrazone groups is 1. The molecule has 12 nitrogen and oxygen atoms in total. The lowest BCUT2D eigenvalue weighted by Gasteiger charge is -2.19. The predicted molar refractivity (Wildman–Crippen MR) is 145 cm³/mol. The first-order chi connectivity index (χ1) is 17.9. The van der Waals surface area contributed by atoms with Crippen molar-refractivity contribution in [3.8, 4) is 0 Å². The number of nitrogens with zero attached hydrogens (tertiary/aromatic N) is 6. The second kappa shape index (κ2) is 11.2. The molecule has 0 unspecified atom stereocenters. The molecule has 0 radical (unpaired) electrons. The maximum atomic E-state index is 13.3. The maximum absolute atomic E-state index is 13.3. The third kappa shape index (κ3) is 6.56. The summed E-state index contributed by atoms with van der Waals surface area (Å²) in [5, 5.41) is 22.0. The van der Waals surface area contributed by atoms with E-state index in [1.165, 1.54) is 9.69 Å². The molecule has 0 spiro atoms. The monoisotopic (exact) mass is 578 g/mol. The Morgan fingerprint density at radius 2 is 1.82 bits per heavy atom. The van der Waals surface area contributed by atoms with Gasteiger partial charge in [0.25, 0.3) is 0 Å². The van der Waals surface area contributed by atoms with Gasteiger partial charge in [-0.3, -0.25) is 0 Å². The van der Waals surface area contributed by atoms with Crippen LogP contribution in [-0.2, 0) is 20.0 Å². The Morgan fingerprint density at radius 1 is 1.13 bits per heavy atom. The highest BCUT2D eigenvalue weighted by Crippen LogP contribution is 2.30. The summed E-state index contributed by atoms with van der Waals surface area (Å²) < 4.78 is 55.0. The topological polar surface area (TPSA) is 165 Å². The molecule has 0 aliphatic carbocycles. The van der Waals surface area contributed by atoms with Crippen molar-refractivity contribution in [3.05, 3.63) is 76.9 Å². The number of guanidine groups is 1. The molecule has 0 fully saturated rings. The Balaban J connectivity index is 1.78. The van der Waals surface area contributed by atoms with Crippen LogP contribution in [0.2, 0.25) is 5.02 Å². The van der Waals surface area contributed by atoms with Crippen LogP contribution in [0.3, 0.4) is 0 Å². The van der Waals surface area contributed by atoms with Crippen LogP contribution in [-0.4, -0.2) is 67.4 Å². The van der Waals surface area contributed by atoms with Gasteiger partial charge >= 0.3 is 10.0 Å². The molecule has 0 amide bonds. The van der Waals surface area contributed by atoms with E-state index in [2.05, 4.69) is 20.0 Å². The molecule has 38 heavy (non-hydrogen) atoms. The van der Waals surface area contributed by atoms with Crippen molar-refractivity contribution >= 4 is 43.3 Å². The fraction of sp³-hybridized carbons (Fsp3) is 0.304. The quantitative estimate of drug-likeness (QED) is 0.302. The van der Waals surface area contributed by atoms with Gasteiger partial charge in [-0.25, -0.2) is 23.2 Å². The summed E-state index contributed by atoms with van der Waals surface area (Å²) in [6.07, 6.45) is 1.11. The number of rotatable bonds is 8. The van der Waals surface area contributed by atoms with Crippen molar-refractivity contribution in [2.24, 2.45) is 14.6 Å². The average molecular weight is 579 g/mol. The lowest BCUT2D eigenvalue weighted by Crippen LogP contribution is -2.41. The second-order valence-corrected chi connectivity index (χ2v) is 12.6. The van der Waals surface area contributed by atoms with Gasteiger partial charge in [-0.1, -0.05) is 59.3 Å².